The largest absolute Gasteiger partial charge is 0.503 e. The molecular weight excluding hydrogens is 515 g/mol. The van der Waals surface area contributed by atoms with Gasteiger partial charge in [0.2, 0.25) is 5.43 Å². The zero-order valence-corrected chi connectivity index (χ0v) is 18.5. The third kappa shape index (κ3) is 3.22. The summed E-state index contributed by atoms with van der Waals surface area (Å²) in [6, 6.07) is 15.9. The lowest BCUT2D eigenvalue weighted by atomic mass is 9.84. The maximum atomic E-state index is 12.1. The molecule has 5 rings (SSSR count). The standard InChI is InChI=1S/C22H16ClIN4O2/c23-15-5-1-13(2-6-15)19(14-3-7-16(24)8-4-14)17-12-27-10-9-25-22(27)20-21(30)18(29)11-26-28(17)20/h1-11,17,19,30H,12H2. The Kier molecular flexibility index (Phi) is 4.86. The van der Waals surface area contributed by atoms with Crippen LogP contribution >= 0.6 is 34.2 Å². The molecule has 0 saturated carbocycles. The number of benzene rings is 2. The van der Waals surface area contributed by atoms with Crippen LogP contribution in [-0.4, -0.2) is 24.4 Å². The fourth-order valence-corrected chi connectivity index (χ4v) is 4.58. The van der Waals surface area contributed by atoms with Crippen molar-refractivity contribution in [3.63, 3.8) is 0 Å². The van der Waals surface area contributed by atoms with Gasteiger partial charge >= 0.3 is 0 Å². The zero-order valence-electron chi connectivity index (χ0n) is 15.6. The SMILES string of the molecule is O=c1cnn2c(c1O)-c1nccn1CC2C(c1ccc(Cl)cc1)c1ccc(I)cc1. The normalized spacial score (nSPS) is 16.0. The summed E-state index contributed by atoms with van der Waals surface area (Å²) in [7, 11) is 0. The Hall–Kier alpha value is -2.65. The average molecular weight is 531 g/mol. The summed E-state index contributed by atoms with van der Waals surface area (Å²) in [5.41, 5.74) is 2.00. The van der Waals surface area contributed by atoms with Crippen LogP contribution in [0.15, 0.2) is 71.9 Å². The highest BCUT2D eigenvalue weighted by Gasteiger charge is 2.35. The molecule has 2 aromatic carbocycles. The van der Waals surface area contributed by atoms with Gasteiger partial charge in [-0.3, -0.25) is 9.48 Å². The maximum absolute atomic E-state index is 12.1. The number of fused-ring (bicyclic) bond motifs is 3. The number of halogens is 2. The predicted molar refractivity (Wildman–Crippen MR) is 123 cm³/mol. The molecule has 1 aliphatic heterocycles. The molecule has 2 unspecified atom stereocenters. The van der Waals surface area contributed by atoms with Gasteiger partial charge in [0, 0.05) is 33.4 Å². The summed E-state index contributed by atoms with van der Waals surface area (Å²) >= 11 is 8.43. The predicted octanol–water partition coefficient (Wildman–Crippen LogP) is 4.46. The van der Waals surface area contributed by atoms with E-state index in [-0.39, 0.29) is 17.7 Å². The van der Waals surface area contributed by atoms with E-state index in [0.717, 1.165) is 20.9 Å². The lowest BCUT2D eigenvalue weighted by Crippen LogP contribution is -2.32. The van der Waals surface area contributed by atoms with Crippen molar-refractivity contribution < 1.29 is 5.11 Å². The smallest absolute Gasteiger partial charge is 0.242 e. The molecule has 30 heavy (non-hydrogen) atoms. The third-order valence-electron chi connectivity index (χ3n) is 5.45. The van der Waals surface area contributed by atoms with Gasteiger partial charge in [-0.15, -0.1) is 0 Å². The van der Waals surface area contributed by atoms with E-state index in [1.54, 1.807) is 10.9 Å². The van der Waals surface area contributed by atoms with Gasteiger partial charge in [-0.1, -0.05) is 35.9 Å². The van der Waals surface area contributed by atoms with E-state index >= 15 is 0 Å². The fraction of sp³-hybridized carbons (Fsp3) is 0.136. The van der Waals surface area contributed by atoms with Crippen LogP contribution in [0, 0.1) is 3.57 Å². The van der Waals surface area contributed by atoms with Gasteiger partial charge in [-0.05, 0) is 58.0 Å². The first kappa shape index (κ1) is 19.3. The minimum Gasteiger partial charge on any atom is -0.503 e. The second-order valence-corrected chi connectivity index (χ2v) is 8.88. The van der Waals surface area contributed by atoms with Gasteiger partial charge in [0.1, 0.15) is 5.69 Å². The summed E-state index contributed by atoms with van der Waals surface area (Å²) < 4.78 is 4.83. The lowest BCUT2D eigenvalue weighted by Gasteiger charge is -2.34. The Balaban J connectivity index is 1.74. The van der Waals surface area contributed by atoms with E-state index in [9.17, 15) is 9.90 Å². The second-order valence-electron chi connectivity index (χ2n) is 7.20. The Morgan fingerprint density at radius 2 is 1.77 bits per heavy atom. The summed E-state index contributed by atoms with van der Waals surface area (Å²) in [6.07, 6.45) is 4.69. The van der Waals surface area contributed by atoms with Gasteiger partial charge in [-0.2, -0.15) is 5.10 Å². The van der Waals surface area contributed by atoms with Crippen molar-refractivity contribution in [3.05, 3.63) is 97.1 Å². The number of aromatic hydroxyl groups is 1. The van der Waals surface area contributed by atoms with Crippen LogP contribution in [0.3, 0.4) is 0 Å². The Morgan fingerprint density at radius 3 is 2.47 bits per heavy atom. The van der Waals surface area contributed by atoms with E-state index in [0.29, 0.717) is 23.1 Å². The molecule has 2 aromatic heterocycles. The molecule has 0 bridgehead atoms. The number of hydrogen-bond donors (Lipinski definition) is 1. The summed E-state index contributed by atoms with van der Waals surface area (Å²) in [5, 5.41) is 15.7. The van der Waals surface area contributed by atoms with E-state index in [1.165, 1.54) is 0 Å². The molecule has 0 fully saturated rings. The number of imidazole rings is 1. The lowest BCUT2D eigenvalue weighted by molar-refractivity contribution is 0.331. The molecule has 1 N–H and O–H groups in total. The quantitative estimate of drug-likeness (QED) is 0.397. The molecular formula is C22H16ClIN4O2. The molecule has 0 amide bonds. The highest BCUT2D eigenvalue weighted by Crippen LogP contribution is 2.42. The van der Waals surface area contributed by atoms with Crippen molar-refractivity contribution in [3.8, 4) is 17.3 Å². The summed E-state index contributed by atoms with van der Waals surface area (Å²) in [6.45, 7) is 0.594. The number of aromatic nitrogens is 4. The van der Waals surface area contributed by atoms with Gasteiger partial charge in [0.15, 0.2) is 11.6 Å². The highest BCUT2D eigenvalue weighted by atomic mass is 127. The maximum Gasteiger partial charge on any atom is 0.242 e. The first-order valence-electron chi connectivity index (χ1n) is 9.36. The van der Waals surface area contributed by atoms with E-state index < -0.39 is 5.43 Å². The first-order valence-corrected chi connectivity index (χ1v) is 10.8. The molecule has 0 saturated heterocycles. The van der Waals surface area contributed by atoms with Gasteiger partial charge in [-0.25, -0.2) is 4.98 Å². The minimum atomic E-state index is -0.520. The van der Waals surface area contributed by atoms with Crippen LogP contribution in [0.4, 0.5) is 0 Å². The molecule has 6 nitrogen and oxygen atoms in total. The van der Waals surface area contributed by atoms with E-state index in [4.69, 9.17) is 11.6 Å². The number of rotatable bonds is 3. The van der Waals surface area contributed by atoms with Crippen LogP contribution in [0.2, 0.25) is 5.02 Å². The van der Waals surface area contributed by atoms with E-state index in [2.05, 4.69) is 56.9 Å². The number of nitrogens with zero attached hydrogens (tertiary/aromatic N) is 4. The molecule has 2 atom stereocenters. The molecule has 0 spiro atoms. The third-order valence-corrected chi connectivity index (χ3v) is 6.43. The summed E-state index contributed by atoms with van der Waals surface area (Å²) in [4.78, 5) is 16.5. The monoisotopic (exact) mass is 530 g/mol. The minimum absolute atomic E-state index is 0.0806. The van der Waals surface area contributed by atoms with Crippen LogP contribution in [0.1, 0.15) is 23.1 Å². The summed E-state index contributed by atoms with van der Waals surface area (Å²) in [5.74, 6) is 0.119. The van der Waals surface area contributed by atoms with Crippen LogP contribution in [0.5, 0.6) is 5.75 Å². The molecule has 1 aliphatic rings. The van der Waals surface area contributed by atoms with Crippen molar-refractivity contribution >= 4 is 34.2 Å². The fourth-order valence-electron chi connectivity index (χ4n) is 4.09. The molecule has 0 radical (unpaired) electrons. The van der Waals surface area contributed by atoms with Gasteiger partial charge < -0.3 is 9.67 Å². The molecule has 0 aliphatic carbocycles. The van der Waals surface area contributed by atoms with Crippen molar-refractivity contribution in [1.29, 1.82) is 0 Å². The molecule has 3 heterocycles. The zero-order chi connectivity index (χ0) is 20.8. The van der Waals surface area contributed by atoms with Crippen LogP contribution in [0.25, 0.3) is 11.5 Å². The second kappa shape index (κ2) is 7.55. The van der Waals surface area contributed by atoms with Crippen molar-refractivity contribution in [2.75, 3.05) is 0 Å². The van der Waals surface area contributed by atoms with Gasteiger partial charge in [0.05, 0.1) is 12.2 Å². The Morgan fingerprint density at radius 1 is 1.10 bits per heavy atom. The topological polar surface area (TPSA) is 72.9 Å². The van der Waals surface area contributed by atoms with Crippen molar-refractivity contribution in [2.45, 2.75) is 18.5 Å². The van der Waals surface area contributed by atoms with Crippen molar-refractivity contribution in [2.24, 2.45) is 0 Å². The van der Waals surface area contributed by atoms with E-state index in [1.807, 2.05) is 35.0 Å². The van der Waals surface area contributed by atoms with Crippen LogP contribution < -0.4 is 5.43 Å². The van der Waals surface area contributed by atoms with Crippen LogP contribution in [-0.2, 0) is 6.54 Å². The number of hydrogen-bond acceptors (Lipinski definition) is 4. The van der Waals surface area contributed by atoms with Gasteiger partial charge in [0.25, 0.3) is 0 Å². The Labute approximate surface area is 190 Å². The van der Waals surface area contributed by atoms with Crippen molar-refractivity contribution in [1.82, 2.24) is 19.3 Å². The highest BCUT2D eigenvalue weighted by molar-refractivity contribution is 14.1. The molecule has 150 valence electrons. The molecule has 8 heteroatoms. The molecule has 4 aromatic rings. The average Bonchev–Trinajstić information content (AvgIpc) is 3.22. The first-order chi connectivity index (χ1) is 14.5. The Bertz CT molecular complexity index is 1240.